The van der Waals surface area contributed by atoms with E-state index in [-0.39, 0.29) is 6.04 Å². The van der Waals surface area contributed by atoms with Gasteiger partial charge in [-0.3, -0.25) is 4.79 Å². The highest BCUT2D eigenvalue weighted by Crippen LogP contribution is 2.23. The van der Waals surface area contributed by atoms with Crippen LogP contribution in [0.25, 0.3) is 10.8 Å². The monoisotopic (exact) mass is 321 g/mol. The number of allylic oxidation sites excluding steroid dienone is 1. The molecule has 0 spiro atoms. The largest absolute Gasteiger partial charge is 0.480 e. The molecule has 2 aromatic carbocycles. The molecule has 24 heavy (non-hydrogen) atoms. The minimum atomic E-state index is -1.02. The highest BCUT2D eigenvalue weighted by atomic mass is 16.4. The molecule has 0 aliphatic heterocycles. The maximum atomic E-state index is 11.0. The normalized spacial score (nSPS) is 12.8. The molecule has 0 radical (unpaired) electrons. The van der Waals surface area contributed by atoms with E-state index < -0.39 is 11.4 Å². The molecule has 2 N–H and O–H groups in total. The van der Waals surface area contributed by atoms with E-state index in [0.29, 0.717) is 6.54 Å². The molecule has 2 aromatic rings. The van der Waals surface area contributed by atoms with Gasteiger partial charge in [0.25, 0.3) is 0 Å². The summed E-state index contributed by atoms with van der Waals surface area (Å²) in [4.78, 5) is 11.0. The first-order chi connectivity index (χ1) is 11.4. The average molecular weight is 321 g/mol. The van der Waals surface area contributed by atoms with Crippen molar-refractivity contribution in [3.63, 3.8) is 0 Å². The number of carboxylic acid groups (broad SMARTS) is 1. The van der Waals surface area contributed by atoms with Gasteiger partial charge in [0.1, 0.15) is 5.41 Å². The molecular weight excluding hydrogens is 298 g/mol. The van der Waals surface area contributed by atoms with Crippen molar-refractivity contribution >= 4 is 16.7 Å². The maximum Gasteiger partial charge on any atom is 0.321 e. The zero-order valence-corrected chi connectivity index (χ0v) is 14.3. The molecular formula is C21H23NO2. The summed E-state index contributed by atoms with van der Waals surface area (Å²) in [6, 6.07) is 14.9. The van der Waals surface area contributed by atoms with Gasteiger partial charge in [0.15, 0.2) is 0 Å². The Bertz CT molecular complexity index is 804. The van der Waals surface area contributed by atoms with Gasteiger partial charge in [-0.05, 0) is 43.2 Å². The smallest absolute Gasteiger partial charge is 0.321 e. The summed E-state index contributed by atoms with van der Waals surface area (Å²) in [7, 11) is 0. The zero-order valence-electron chi connectivity index (χ0n) is 14.3. The lowest BCUT2D eigenvalue weighted by Gasteiger charge is -2.15. The van der Waals surface area contributed by atoms with Gasteiger partial charge in [-0.2, -0.15) is 0 Å². The van der Waals surface area contributed by atoms with Crippen molar-refractivity contribution in [3.8, 4) is 11.8 Å². The Hall–Kier alpha value is -2.57. The Morgan fingerprint density at radius 3 is 2.71 bits per heavy atom. The van der Waals surface area contributed by atoms with E-state index in [1.54, 1.807) is 19.9 Å². The number of fused-ring (bicyclic) bond motifs is 1. The van der Waals surface area contributed by atoms with Gasteiger partial charge in [0.2, 0.25) is 0 Å². The van der Waals surface area contributed by atoms with Gasteiger partial charge in [0.05, 0.1) is 0 Å². The predicted octanol–water partition coefficient (Wildman–Crippen LogP) is 4.16. The van der Waals surface area contributed by atoms with Crippen LogP contribution in [0.15, 0.2) is 54.6 Å². The summed E-state index contributed by atoms with van der Waals surface area (Å²) >= 11 is 0. The fourth-order valence-electron chi connectivity index (χ4n) is 2.38. The van der Waals surface area contributed by atoms with Gasteiger partial charge in [0, 0.05) is 12.6 Å². The third-order valence-electron chi connectivity index (χ3n) is 3.95. The van der Waals surface area contributed by atoms with E-state index in [4.69, 9.17) is 5.11 Å². The first-order valence-electron chi connectivity index (χ1n) is 8.04. The third-order valence-corrected chi connectivity index (χ3v) is 3.95. The first kappa shape index (κ1) is 17.8. The molecule has 124 valence electrons. The third kappa shape index (κ3) is 4.47. The van der Waals surface area contributed by atoms with Gasteiger partial charge >= 0.3 is 5.97 Å². The summed E-state index contributed by atoms with van der Waals surface area (Å²) in [6.07, 6.45) is 3.61. The molecule has 0 aliphatic carbocycles. The van der Waals surface area contributed by atoms with Crippen LogP contribution in [0, 0.1) is 17.3 Å². The molecule has 0 fully saturated rings. The number of carbonyl (C=O) groups is 1. The van der Waals surface area contributed by atoms with Gasteiger partial charge < -0.3 is 10.4 Å². The second-order valence-corrected chi connectivity index (χ2v) is 6.30. The lowest BCUT2D eigenvalue weighted by atomic mass is 9.95. The van der Waals surface area contributed by atoms with E-state index >= 15 is 0 Å². The second-order valence-electron chi connectivity index (χ2n) is 6.30. The minimum absolute atomic E-state index is 0.212. The molecule has 3 heteroatoms. The van der Waals surface area contributed by atoms with Crippen LogP contribution >= 0.6 is 0 Å². The molecule has 1 atom stereocenters. The van der Waals surface area contributed by atoms with Crippen LogP contribution in [0.5, 0.6) is 0 Å². The fraction of sp³-hybridized carbons (Fsp3) is 0.286. The van der Waals surface area contributed by atoms with Crippen LogP contribution in [0.3, 0.4) is 0 Å². The average Bonchev–Trinajstić information content (AvgIpc) is 2.57. The van der Waals surface area contributed by atoms with Crippen LogP contribution in [0.1, 0.15) is 32.4 Å². The number of aliphatic carboxylic acids is 1. The number of nitrogens with one attached hydrogen (secondary N) is 1. The summed E-state index contributed by atoms with van der Waals surface area (Å²) in [5.74, 6) is 4.63. The lowest BCUT2D eigenvalue weighted by Crippen LogP contribution is -2.21. The Morgan fingerprint density at radius 2 is 1.96 bits per heavy atom. The van der Waals surface area contributed by atoms with Crippen molar-refractivity contribution in [3.05, 3.63) is 60.2 Å². The molecule has 0 saturated carbocycles. The Morgan fingerprint density at radius 1 is 1.25 bits per heavy atom. The SMILES string of the molecule is C[C@@H](NCC=CC#CC(C)(C)C(=O)O)c1cccc2ccccc12. The van der Waals surface area contributed by atoms with Crippen molar-refractivity contribution in [2.45, 2.75) is 26.8 Å². The van der Waals surface area contributed by atoms with Crippen LogP contribution in [-0.4, -0.2) is 17.6 Å². The number of rotatable bonds is 5. The zero-order chi connectivity index (χ0) is 17.6. The molecule has 0 aliphatic rings. The molecule has 0 saturated heterocycles. The maximum absolute atomic E-state index is 11.0. The van der Waals surface area contributed by atoms with E-state index in [2.05, 4.69) is 60.5 Å². The van der Waals surface area contributed by atoms with Crippen LogP contribution in [0.2, 0.25) is 0 Å². The van der Waals surface area contributed by atoms with Crippen LogP contribution in [-0.2, 0) is 4.79 Å². The van der Waals surface area contributed by atoms with Gasteiger partial charge in [-0.1, -0.05) is 60.4 Å². The predicted molar refractivity (Wildman–Crippen MR) is 98.7 cm³/mol. The van der Waals surface area contributed by atoms with E-state index in [0.717, 1.165) is 0 Å². The van der Waals surface area contributed by atoms with Gasteiger partial charge in [-0.25, -0.2) is 0 Å². The topological polar surface area (TPSA) is 49.3 Å². The summed E-state index contributed by atoms with van der Waals surface area (Å²) in [6.45, 7) is 6.00. The van der Waals surface area contributed by atoms with E-state index in [1.165, 1.54) is 16.3 Å². The van der Waals surface area contributed by atoms with Gasteiger partial charge in [-0.15, -0.1) is 0 Å². The molecule has 3 nitrogen and oxygen atoms in total. The lowest BCUT2D eigenvalue weighted by molar-refractivity contribution is -0.143. The van der Waals surface area contributed by atoms with Crippen LogP contribution < -0.4 is 5.32 Å². The van der Waals surface area contributed by atoms with Crippen molar-refractivity contribution < 1.29 is 9.90 Å². The Labute approximate surface area is 143 Å². The highest BCUT2D eigenvalue weighted by Gasteiger charge is 2.23. The van der Waals surface area contributed by atoms with Crippen molar-refractivity contribution in [2.75, 3.05) is 6.54 Å². The Balaban J connectivity index is 1.96. The van der Waals surface area contributed by atoms with E-state index in [9.17, 15) is 4.79 Å². The van der Waals surface area contributed by atoms with E-state index in [1.807, 2.05) is 12.1 Å². The van der Waals surface area contributed by atoms with Crippen molar-refractivity contribution in [2.24, 2.45) is 5.41 Å². The van der Waals surface area contributed by atoms with Crippen molar-refractivity contribution in [1.82, 2.24) is 5.32 Å². The number of hydrogen-bond donors (Lipinski definition) is 2. The fourth-order valence-corrected chi connectivity index (χ4v) is 2.38. The highest BCUT2D eigenvalue weighted by molar-refractivity contribution is 5.86. The number of carboxylic acids is 1. The molecule has 0 aromatic heterocycles. The summed E-state index contributed by atoms with van der Waals surface area (Å²) in [5, 5.41) is 14.9. The molecule has 0 bridgehead atoms. The Kier molecular flexibility index (Phi) is 5.78. The molecule has 0 heterocycles. The molecule has 2 rings (SSSR count). The number of hydrogen-bond acceptors (Lipinski definition) is 2. The molecule has 0 unspecified atom stereocenters. The van der Waals surface area contributed by atoms with Crippen molar-refractivity contribution in [1.29, 1.82) is 0 Å². The standard InChI is InChI=1S/C21H23NO2/c1-16(18-13-9-11-17-10-5-6-12-19(17)18)22-15-8-4-7-14-21(2,3)20(23)24/h4-6,8-13,16,22H,15H2,1-3H3,(H,23,24)/t16-/m1/s1. The number of benzene rings is 2. The second kappa shape index (κ2) is 7.81. The summed E-state index contributed by atoms with van der Waals surface area (Å²) < 4.78 is 0. The molecule has 0 amide bonds. The summed E-state index contributed by atoms with van der Waals surface area (Å²) in [5.41, 5.74) is 0.244. The quantitative estimate of drug-likeness (QED) is 0.813. The van der Waals surface area contributed by atoms with Crippen LogP contribution in [0.4, 0.5) is 0 Å². The minimum Gasteiger partial charge on any atom is -0.480 e. The first-order valence-corrected chi connectivity index (χ1v) is 8.04.